The molecule has 1 heterocycles. The van der Waals surface area contributed by atoms with Gasteiger partial charge in [-0.1, -0.05) is 12.1 Å². The molecule has 0 spiro atoms. The molecular formula is C12H15N3O. The zero-order chi connectivity index (χ0) is 11.4. The Bertz CT molecular complexity index is 422. The largest absolute Gasteiger partial charge is 0.508 e. The average Bonchev–Trinajstić information content (AvgIpc) is 2.80. The highest BCUT2D eigenvalue weighted by molar-refractivity contribution is 5.28. The van der Waals surface area contributed by atoms with E-state index in [1.165, 1.54) is 0 Å². The van der Waals surface area contributed by atoms with Crippen molar-refractivity contribution in [1.29, 1.82) is 0 Å². The Hall–Kier alpha value is -1.81. The summed E-state index contributed by atoms with van der Waals surface area (Å²) in [6.45, 7) is 1.32. The molecule has 84 valence electrons. The molecule has 1 aromatic heterocycles. The summed E-state index contributed by atoms with van der Waals surface area (Å²) in [5.74, 6) is 0.499. The maximum absolute atomic E-state index is 9.22. The lowest BCUT2D eigenvalue weighted by Crippen LogP contribution is -2.18. The van der Waals surface area contributed by atoms with Crippen LogP contribution >= 0.6 is 0 Å². The molecular weight excluding hydrogens is 202 g/mol. The first kappa shape index (κ1) is 10.7. The number of aromatic nitrogens is 2. The van der Waals surface area contributed by atoms with Gasteiger partial charge in [-0.2, -0.15) is 5.10 Å². The minimum atomic E-state index is 0.223. The molecule has 1 atom stereocenters. The highest BCUT2D eigenvalue weighted by atomic mass is 16.3. The quantitative estimate of drug-likeness (QED) is 0.812. The van der Waals surface area contributed by atoms with Gasteiger partial charge in [-0.05, 0) is 23.8 Å². The molecule has 0 fully saturated rings. The lowest BCUT2D eigenvalue weighted by atomic mass is 9.99. The standard InChI is InChI=1S/C12H15N3O/c13-8-11(9-15-7-1-6-14-15)10-2-4-12(16)5-3-10/h1-7,11,16H,8-9,13H2. The van der Waals surface area contributed by atoms with Gasteiger partial charge in [0.1, 0.15) is 5.75 Å². The molecule has 4 heteroatoms. The van der Waals surface area contributed by atoms with E-state index >= 15 is 0 Å². The summed E-state index contributed by atoms with van der Waals surface area (Å²) in [6, 6.07) is 9.05. The number of hydrogen-bond acceptors (Lipinski definition) is 3. The number of nitrogens with two attached hydrogens (primary N) is 1. The molecule has 0 aliphatic carbocycles. The minimum absolute atomic E-state index is 0.223. The van der Waals surface area contributed by atoms with Gasteiger partial charge in [0.05, 0.1) is 0 Å². The van der Waals surface area contributed by atoms with Crippen LogP contribution in [0.4, 0.5) is 0 Å². The van der Waals surface area contributed by atoms with E-state index in [0.29, 0.717) is 6.54 Å². The Labute approximate surface area is 94.3 Å². The summed E-state index contributed by atoms with van der Waals surface area (Å²) in [6.07, 6.45) is 3.67. The smallest absolute Gasteiger partial charge is 0.115 e. The molecule has 0 aliphatic rings. The van der Waals surface area contributed by atoms with Gasteiger partial charge < -0.3 is 10.8 Å². The van der Waals surface area contributed by atoms with Crippen LogP contribution in [0.5, 0.6) is 5.75 Å². The zero-order valence-corrected chi connectivity index (χ0v) is 8.95. The number of rotatable bonds is 4. The maximum atomic E-state index is 9.22. The molecule has 0 aliphatic heterocycles. The normalized spacial score (nSPS) is 12.6. The van der Waals surface area contributed by atoms with Crippen molar-refractivity contribution in [2.75, 3.05) is 6.54 Å². The monoisotopic (exact) mass is 217 g/mol. The van der Waals surface area contributed by atoms with E-state index in [1.54, 1.807) is 18.3 Å². The zero-order valence-electron chi connectivity index (χ0n) is 8.95. The molecule has 0 bridgehead atoms. The third-order valence-electron chi connectivity index (χ3n) is 2.62. The molecule has 1 unspecified atom stereocenters. The van der Waals surface area contributed by atoms with Gasteiger partial charge in [-0.25, -0.2) is 0 Å². The summed E-state index contributed by atoms with van der Waals surface area (Å²) in [7, 11) is 0. The predicted molar refractivity (Wildman–Crippen MR) is 62.1 cm³/mol. The molecule has 0 saturated heterocycles. The van der Waals surface area contributed by atoms with Crippen molar-refractivity contribution in [2.24, 2.45) is 5.73 Å². The fraction of sp³-hybridized carbons (Fsp3) is 0.250. The number of benzene rings is 1. The molecule has 0 radical (unpaired) electrons. The van der Waals surface area contributed by atoms with Crippen molar-refractivity contribution in [1.82, 2.24) is 9.78 Å². The van der Waals surface area contributed by atoms with Crippen LogP contribution in [0.25, 0.3) is 0 Å². The van der Waals surface area contributed by atoms with Gasteiger partial charge >= 0.3 is 0 Å². The van der Waals surface area contributed by atoms with Gasteiger partial charge in [0, 0.05) is 31.4 Å². The van der Waals surface area contributed by atoms with Crippen LogP contribution in [-0.2, 0) is 6.54 Å². The minimum Gasteiger partial charge on any atom is -0.508 e. The summed E-state index contributed by atoms with van der Waals surface area (Å²) < 4.78 is 1.87. The molecule has 3 N–H and O–H groups in total. The maximum Gasteiger partial charge on any atom is 0.115 e. The van der Waals surface area contributed by atoms with Gasteiger partial charge in [0.25, 0.3) is 0 Å². The lowest BCUT2D eigenvalue weighted by Gasteiger charge is -2.15. The number of nitrogens with zero attached hydrogens (tertiary/aromatic N) is 2. The van der Waals surface area contributed by atoms with Crippen LogP contribution in [-0.4, -0.2) is 21.4 Å². The van der Waals surface area contributed by atoms with Crippen LogP contribution in [0.15, 0.2) is 42.7 Å². The molecule has 4 nitrogen and oxygen atoms in total. The van der Waals surface area contributed by atoms with Crippen LogP contribution in [0.2, 0.25) is 0 Å². The SMILES string of the molecule is NCC(Cn1cccn1)c1ccc(O)cc1. The summed E-state index contributed by atoms with van der Waals surface area (Å²) in [5, 5.41) is 13.4. The average molecular weight is 217 g/mol. The van der Waals surface area contributed by atoms with E-state index in [0.717, 1.165) is 12.1 Å². The predicted octanol–water partition coefficient (Wildman–Crippen LogP) is 1.33. The second-order valence-corrected chi connectivity index (χ2v) is 3.75. The molecule has 0 saturated carbocycles. The number of phenols is 1. The first-order chi connectivity index (χ1) is 7.79. The summed E-state index contributed by atoms with van der Waals surface area (Å²) >= 11 is 0. The summed E-state index contributed by atoms with van der Waals surface area (Å²) in [5.41, 5.74) is 6.88. The molecule has 16 heavy (non-hydrogen) atoms. The van der Waals surface area contributed by atoms with Gasteiger partial charge in [0.15, 0.2) is 0 Å². The fourth-order valence-corrected chi connectivity index (χ4v) is 1.70. The second kappa shape index (κ2) is 4.81. The number of aromatic hydroxyl groups is 1. The van der Waals surface area contributed by atoms with E-state index < -0.39 is 0 Å². The van der Waals surface area contributed by atoms with E-state index in [-0.39, 0.29) is 11.7 Å². The van der Waals surface area contributed by atoms with Crippen LogP contribution in [0, 0.1) is 0 Å². The Morgan fingerprint density at radius 3 is 2.62 bits per heavy atom. The van der Waals surface area contributed by atoms with Gasteiger partial charge in [0.2, 0.25) is 0 Å². The van der Waals surface area contributed by atoms with Crippen LogP contribution < -0.4 is 5.73 Å². The molecule has 2 aromatic rings. The van der Waals surface area contributed by atoms with Crippen molar-refractivity contribution in [3.8, 4) is 5.75 Å². The number of phenolic OH excluding ortho intramolecular Hbond substituents is 1. The second-order valence-electron chi connectivity index (χ2n) is 3.75. The highest BCUT2D eigenvalue weighted by Crippen LogP contribution is 2.19. The third-order valence-corrected chi connectivity index (χ3v) is 2.62. The first-order valence-electron chi connectivity index (χ1n) is 5.26. The molecule has 1 aromatic carbocycles. The van der Waals surface area contributed by atoms with Crippen molar-refractivity contribution >= 4 is 0 Å². The Balaban J connectivity index is 2.13. The van der Waals surface area contributed by atoms with Crippen molar-refractivity contribution < 1.29 is 5.11 Å². The highest BCUT2D eigenvalue weighted by Gasteiger charge is 2.10. The summed E-state index contributed by atoms with van der Waals surface area (Å²) in [4.78, 5) is 0. The Morgan fingerprint density at radius 2 is 2.06 bits per heavy atom. The number of hydrogen-bond donors (Lipinski definition) is 2. The van der Waals surface area contributed by atoms with Crippen LogP contribution in [0.3, 0.4) is 0 Å². The topological polar surface area (TPSA) is 64.1 Å². The first-order valence-corrected chi connectivity index (χ1v) is 5.26. The van der Waals surface area contributed by atoms with Crippen molar-refractivity contribution in [3.05, 3.63) is 48.3 Å². The van der Waals surface area contributed by atoms with Crippen LogP contribution in [0.1, 0.15) is 11.5 Å². The van der Waals surface area contributed by atoms with E-state index in [2.05, 4.69) is 5.10 Å². The Morgan fingerprint density at radius 1 is 1.31 bits per heavy atom. The Kier molecular flexibility index (Phi) is 3.22. The van der Waals surface area contributed by atoms with Gasteiger partial charge in [-0.3, -0.25) is 4.68 Å². The fourth-order valence-electron chi connectivity index (χ4n) is 1.70. The molecule has 2 rings (SSSR count). The van der Waals surface area contributed by atoms with Gasteiger partial charge in [-0.15, -0.1) is 0 Å². The third kappa shape index (κ3) is 2.41. The molecule has 0 amide bonds. The van der Waals surface area contributed by atoms with Crippen molar-refractivity contribution in [3.63, 3.8) is 0 Å². The van der Waals surface area contributed by atoms with Crippen molar-refractivity contribution in [2.45, 2.75) is 12.5 Å². The van der Waals surface area contributed by atoms with E-state index in [9.17, 15) is 5.11 Å². The van der Waals surface area contributed by atoms with E-state index in [1.807, 2.05) is 29.1 Å². The van der Waals surface area contributed by atoms with E-state index in [4.69, 9.17) is 5.73 Å². The lowest BCUT2D eigenvalue weighted by molar-refractivity contribution is 0.473.